The van der Waals surface area contributed by atoms with Crippen LogP contribution >= 0.6 is 11.3 Å². The highest BCUT2D eigenvalue weighted by molar-refractivity contribution is 7.15. The van der Waals surface area contributed by atoms with E-state index in [0.717, 1.165) is 28.3 Å². The summed E-state index contributed by atoms with van der Waals surface area (Å²) in [7, 11) is 0. The SMILES string of the molecule is CCc1nc(C(=O)O)c(-c2ccc(CC(C)C)cc2)s1. The number of aromatic nitrogens is 1. The molecule has 0 aliphatic rings. The van der Waals surface area contributed by atoms with Gasteiger partial charge in [0.05, 0.1) is 9.88 Å². The Labute approximate surface area is 123 Å². The van der Waals surface area contributed by atoms with Crippen molar-refractivity contribution in [3.63, 3.8) is 0 Å². The van der Waals surface area contributed by atoms with Crippen LogP contribution in [0.15, 0.2) is 24.3 Å². The average molecular weight is 289 g/mol. The molecule has 1 aromatic heterocycles. The molecule has 0 saturated heterocycles. The van der Waals surface area contributed by atoms with Crippen LogP contribution in [-0.4, -0.2) is 16.1 Å². The Morgan fingerprint density at radius 3 is 2.45 bits per heavy atom. The highest BCUT2D eigenvalue weighted by Gasteiger charge is 2.18. The highest BCUT2D eigenvalue weighted by atomic mass is 32.1. The molecule has 0 saturated carbocycles. The Bertz CT molecular complexity index is 599. The summed E-state index contributed by atoms with van der Waals surface area (Å²) in [4.78, 5) is 16.2. The van der Waals surface area contributed by atoms with Crippen molar-refractivity contribution >= 4 is 17.3 Å². The predicted octanol–water partition coefficient (Wildman–Crippen LogP) is 4.27. The number of carboxylic acid groups (broad SMARTS) is 1. The van der Waals surface area contributed by atoms with Crippen LogP contribution in [0.3, 0.4) is 0 Å². The number of hydrogen-bond acceptors (Lipinski definition) is 3. The molecule has 0 bridgehead atoms. The van der Waals surface area contributed by atoms with Gasteiger partial charge in [0.1, 0.15) is 0 Å². The number of carboxylic acids is 1. The summed E-state index contributed by atoms with van der Waals surface area (Å²) in [5.74, 6) is -0.340. The number of benzene rings is 1. The zero-order valence-corrected chi connectivity index (χ0v) is 12.8. The number of hydrogen-bond donors (Lipinski definition) is 1. The lowest BCUT2D eigenvalue weighted by Crippen LogP contribution is -1.99. The molecule has 106 valence electrons. The largest absolute Gasteiger partial charge is 0.476 e. The summed E-state index contributed by atoms with van der Waals surface area (Å²) >= 11 is 1.47. The van der Waals surface area contributed by atoms with Gasteiger partial charge >= 0.3 is 5.97 Å². The first-order valence-corrected chi connectivity index (χ1v) is 7.65. The fourth-order valence-electron chi connectivity index (χ4n) is 2.12. The Morgan fingerprint density at radius 2 is 1.95 bits per heavy atom. The third-order valence-corrected chi connectivity index (χ3v) is 4.29. The molecule has 0 amide bonds. The number of aryl methyl sites for hydroxylation is 1. The van der Waals surface area contributed by atoms with Crippen molar-refractivity contribution in [1.82, 2.24) is 4.98 Å². The van der Waals surface area contributed by atoms with Gasteiger partial charge in [-0.1, -0.05) is 45.0 Å². The van der Waals surface area contributed by atoms with E-state index < -0.39 is 5.97 Å². The van der Waals surface area contributed by atoms with Crippen LogP contribution in [0.25, 0.3) is 10.4 Å². The second-order valence-corrected chi connectivity index (χ2v) is 6.32. The van der Waals surface area contributed by atoms with Gasteiger partial charge in [0.25, 0.3) is 0 Å². The lowest BCUT2D eigenvalue weighted by atomic mass is 10.0. The average Bonchev–Trinajstić information content (AvgIpc) is 2.83. The third-order valence-electron chi connectivity index (χ3n) is 3.04. The number of rotatable bonds is 5. The minimum atomic E-state index is -0.956. The molecule has 1 aromatic carbocycles. The molecule has 0 radical (unpaired) electrons. The number of thiazole rings is 1. The van der Waals surface area contributed by atoms with Crippen LogP contribution in [0.5, 0.6) is 0 Å². The van der Waals surface area contributed by atoms with E-state index in [2.05, 4.69) is 31.0 Å². The Kier molecular flexibility index (Phi) is 4.55. The van der Waals surface area contributed by atoms with Crippen LogP contribution in [0.2, 0.25) is 0 Å². The number of carbonyl (C=O) groups is 1. The molecular formula is C16H19NO2S. The van der Waals surface area contributed by atoms with Crippen LogP contribution in [0.1, 0.15) is 41.8 Å². The van der Waals surface area contributed by atoms with Gasteiger partial charge in [-0.3, -0.25) is 0 Å². The maximum atomic E-state index is 11.3. The van der Waals surface area contributed by atoms with Crippen molar-refractivity contribution in [2.24, 2.45) is 5.92 Å². The van der Waals surface area contributed by atoms with Crippen LogP contribution < -0.4 is 0 Å². The summed E-state index contributed by atoms with van der Waals surface area (Å²) in [5, 5.41) is 10.1. The summed E-state index contributed by atoms with van der Waals surface area (Å²) in [5.41, 5.74) is 2.39. The van der Waals surface area contributed by atoms with Gasteiger partial charge < -0.3 is 5.11 Å². The van der Waals surface area contributed by atoms with Crippen molar-refractivity contribution in [3.05, 3.63) is 40.5 Å². The summed E-state index contributed by atoms with van der Waals surface area (Å²) in [6.45, 7) is 6.36. The fraction of sp³-hybridized carbons (Fsp3) is 0.375. The maximum Gasteiger partial charge on any atom is 0.356 e. The van der Waals surface area contributed by atoms with Crippen molar-refractivity contribution in [2.75, 3.05) is 0 Å². The van der Waals surface area contributed by atoms with Gasteiger partial charge in [-0.2, -0.15) is 0 Å². The van der Waals surface area contributed by atoms with Crippen molar-refractivity contribution < 1.29 is 9.90 Å². The number of nitrogens with zero attached hydrogens (tertiary/aromatic N) is 1. The molecule has 0 aliphatic heterocycles. The molecule has 2 rings (SSSR count). The topological polar surface area (TPSA) is 50.2 Å². The first kappa shape index (κ1) is 14.7. The normalized spacial score (nSPS) is 11.0. The van der Waals surface area contributed by atoms with Crippen LogP contribution in [0, 0.1) is 5.92 Å². The minimum Gasteiger partial charge on any atom is -0.476 e. The van der Waals surface area contributed by atoms with E-state index in [0.29, 0.717) is 5.92 Å². The lowest BCUT2D eigenvalue weighted by molar-refractivity contribution is 0.0692. The molecule has 1 N–H and O–H groups in total. The second-order valence-electron chi connectivity index (χ2n) is 5.24. The lowest BCUT2D eigenvalue weighted by Gasteiger charge is -2.06. The molecule has 1 heterocycles. The van der Waals surface area contributed by atoms with E-state index in [9.17, 15) is 9.90 Å². The van der Waals surface area contributed by atoms with Gasteiger partial charge in [0, 0.05) is 0 Å². The Morgan fingerprint density at radius 1 is 1.30 bits per heavy atom. The Hall–Kier alpha value is -1.68. The molecular weight excluding hydrogens is 270 g/mol. The first-order chi connectivity index (χ1) is 9.51. The third kappa shape index (κ3) is 3.25. The van der Waals surface area contributed by atoms with Crippen molar-refractivity contribution in [1.29, 1.82) is 0 Å². The molecule has 0 aliphatic carbocycles. The van der Waals surface area contributed by atoms with Crippen LogP contribution in [0.4, 0.5) is 0 Å². The first-order valence-electron chi connectivity index (χ1n) is 6.83. The van der Waals surface area contributed by atoms with E-state index in [1.807, 2.05) is 19.1 Å². The van der Waals surface area contributed by atoms with E-state index in [-0.39, 0.29) is 5.69 Å². The smallest absolute Gasteiger partial charge is 0.356 e. The zero-order chi connectivity index (χ0) is 14.7. The maximum absolute atomic E-state index is 11.3. The van der Waals surface area contributed by atoms with E-state index >= 15 is 0 Å². The van der Waals surface area contributed by atoms with Gasteiger partial charge in [0.2, 0.25) is 0 Å². The molecule has 4 heteroatoms. The molecule has 0 fully saturated rings. The van der Waals surface area contributed by atoms with Gasteiger partial charge in [-0.05, 0) is 29.9 Å². The monoisotopic (exact) mass is 289 g/mol. The molecule has 20 heavy (non-hydrogen) atoms. The molecule has 0 atom stereocenters. The molecule has 3 nitrogen and oxygen atoms in total. The molecule has 0 spiro atoms. The van der Waals surface area contributed by atoms with Crippen LogP contribution in [-0.2, 0) is 12.8 Å². The van der Waals surface area contributed by atoms with Crippen molar-refractivity contribution in [2.45, 2.75) is 33.6 Å². The zero-order valence-electron chi connectivity index (χ0n) is 12.0. The summed E-state index contributed by atoms with van der Waals surface area (Å²) in [6, 6.07) is 8.15. The van der Waals surface area contributed by atoms with Gasteiger partial charge in [-0.15, -0.1) is 11.3 Å². The Balaban J connectivity index is 2.36. The quantitative estimate of drug-likeness (QED) is 0.894. The van der Waals surface area contributed by atoms with Crippen molar-refractivity contribution in [3.8, 4) is 10.4 Å². The van der Waals surface area contributed by atoms with E-state index in [1.54, 1.807) is 0 Å². The van der Waals surface area contributed by atoms with Gasteiger partial charge in [0.15, 0.2) is 5.69 Å². The molecule has 2 aromatic rings. The van der Waals surface area contributed by atoms with Gasteiger partial charge in [-0.25, -0.2) is 9.78 Å². The minimum absolute atomic E-state index is 0.170. The summed E-state index contributed by atoms with van der Waals surface area (Å²) in [6.07, 6.45) is 1.80. The summed E-state index contributed by atoms with van der Waals surface area (Å²) < 4.78 is 0. The predicted molar refractivity (Wildman–Crippen MR) is 82.4 cm³/mol. The second kappa shape index (κ2) is 6.18. The fourth-order valence-corrected chi connectivity index (χ4v) is 3.12. The van der Waals surface area contributed by atoms with E-state index in [4.69, 9.17) is 0 Å². The van der Waals surface area contributed by atoms with E-state index in [1.165, 1.54) is 16.9 Å². The number of aromatic carboxylic acids is 1. The molecule has 0 unspecified atom stereocenters. The highest BCUT2D eigenvalue weighted by Crippen LogP contribution is 2.31. The standard InChI is InChI=1S/C16H19NO2S/c1-4-13-17-14(16(18)19)15(20-13)12-7-5-11(6-8-12)9-10(2)3/h5-8,10H,4,9H2,1-3H3,(H,18,19).